The molecule has 81 heavy (non-hydrogen) atoms. The largest absolute Gasteiger partial charge is 0.481 e. The Kier molecular flexibility index (Phi) is 17.1. The fourth-order valence-electron chi connectivity index (χ4n) is 9.62. The van der Waals surface area contributed by atoms with E-state index in [4.69, 9.17) is 36.3 Å². The Hall–Kier alpha value is -8.97. The molecule has 0 radical (unpaired) electrons. The highest BCUT2D eigenvalue weighted by atomic mass is 35.5. The van der Waals surface area contributed by atoms with Crippen LogP contribution in [0.15, 0.2) is 146 Å². The Bertz CT molecular complexity index is 3840. The van der Waals surface area contributed by atoms with Gasteiger partial charge in [-0.05, 0) is 80.1 Å². The summed E-state index contributed by atoms with van der Waals surface area (Å²) in [6.45, 7) is 9.76. The van der Waals surface area contributed by atoms with E-state index in [9.17, 15) is 13.2 Å². The summed E-state index contributed by atoms with van der Waals surface area (Å²) in [7, 11) is 3.17. The Labute approximate surface area is 470 Å². The molecule has 12 rings (SSSR count). The van der Waals surface area contributed by atoms with E-state index in [1.807, 2.05) is 73.7 Å². The maximum Gasteiger partial charge on any atom is 0.212 e. The zero-order valence-electron chi connectivity index (χ0n) is 44.7. The molecule has 10 aromatic rings. The lowest BCUT2D eigenvalue weighted by molar-refractivity contribution is 0.122. The van der Waals surface area contributed by atoms with Gasteiger partial charge in [-0.25, -0.2) is 37.5 Å². The van der Waals surface area contributed by atoms with Gasteiger partial charge in [-0.3, -0.25) is 9.97 Å². The van der Waals surface area contributed by atoms with Crippen molar-refractivity contribution < 1.29 is 36.5 Å². The third kappa shape index (κ3) is 12.4. The fourth-order valence-corrected chi connectivity index (χ4v) is 9.90. The molecule has 14 nitrogen and oxygen atoms in total. The second-order valence-electron chi connectivity index (χ2n) is 18.9. The maximum atomic E-state index is 15.4. The highest BCUT2D eigenvalue weighted by Gasteiger charge is 2.22. The predicted octanol–water partition coefficient (Wildman–Crippen LogP) is 13.2. The molecule has 412 valence electrons. The van der Waals surface area contributed by atoms with Gasteiger partial charge in [-0.1, -0.05) is 35.9 Å². The number of hydrogen-bond donors (Lipinski definition) is 2. The molecule has 0 unspecified atom stereocenters. The summed E-state index contributed by atoms with van der Waals surface area (Å²) in [5.41, 5.74) is 18.0. The van der Waals surface area contributed by atoms with E-state index in [1.165, 1.54) is 6.07 Å². The number of nitrogens with zero attached hydrogens (tertiary/aromatic N) is 8. The van der Waals surface area contributed by atoms with Crippen molar-refractivity contribution in [2.75, 3.05) is 87.7 Å². The number of aromatic nitrogens is 6. The van der Waals surface area contributed by atoms with Gasteiger partial charge >= 0.3 is 0 Å². The van der Waals surface area contributed by atoms with Crippen molar-refractivity contribution in [1.82, 2.24) is 29.9 Å². The van der Waals surface area contributed by atoms with Crippen LogP contribution in [-0.2, 0) is 9.47 Å². The number of methoxy groups -OCH3 is 2. The maximum absolute atomic E-state index is 15.4. The number of morpholine rings is 2. The summed E-state index contributed by atoms with van der Waals surface area (Å²) >= 11 is 6.21. The number of benzene rings is 4. The number of rotatable bonds is 10. The van der Waals surface area contributed by atoms with E-state index in [0.717, 1.165) is 103 Å². The van der Waals surface area contributed by atoms with Crippen molar-refractivity contribution in [3.63, 3.8) is 0 Å². The van der Waals surface area contributed by atoms with Crippen LogP contribution >= 0.6 is 11.6 Å². The molecular formula is C62H55ClF4N10O4. The minimum absolute atomic E-state index is 0.130. The number of nitrogens with two attached hydrogens (primary N) is 1. The van der Waals surface area contributed by atoms with E-state index < -0.39 is 23.3 Å². The standard InChI is InChI=1S/C31H27F2N5O2.C16H19N3O2.C15H9ClF2N2/c1-19-30(25-5-3-4-10-34-25)37-27-16-21(32)15-24(33)29(27)31(19)36-26-17-22(38-11-13-40-14-12-38)7-8-23(26)20-6-9-28(39-2)35-18-20;1-20-16-5-2-12(11-18-16)14-4-3-13(10-15(14)17)19-6-8-21-9-7-19;1-8-14(16)13-10(18)6-9(17)7-12(13)20-15(8)11-4-2-3-5-19-11/h3-10,15-18H,11-14H2,1-2H3,(H,36,37);2-5,10-11H,6-9,17H2,1H3;2-7H,1H3. The first kappa shape index (κ1) is 55.3. The molecule has 2 aliphatic heterocycles. The first-order valence-corrected chi connectivity index (χ1v) is 26.3. The number of nitrogens with one attached hydrogen (secondary N) is 1. The number of anilines is 5. The van der Waals surface area contributed by atoms with Crippen molar-refractivity contribution in [2.24, 2.45) is 0 Å². The quantitative estimate of drug-likeness (QED) is 0.0984. The van der Waals surface area contributed by atoms with Crippen molar-refractivity contribution in [3.05, 3.63) is 186 Å². The molecule has 0 bridgehead atoms. The van der Waals surface area contributed by atoms with Crippen LogP contribution in [0.5, 0.6) is 11.8 Å². The zero-order chi connectivity index (χ0) is 56.6. The number of hydrogen-bond acceptors (Lipinski definition) is 14. The molecular weight excluding hydrogens is 1060 g/mol. The van der Waals surface area contributed by atoms with Crippen molar-refractivity contribution in [3.8, 4) is 56.8 Å². The summed E-state index contributed by atoms with van der Waals surface area (Å²) in [6, 6.07) is 34.7. The predicted molar refractivity (Wildman–Crippen MR) is 310 cm³/mol. The molecule has 4 aromatic carbocycles. The van der Waals surface area contributed by atoms with E-state index in [0.29, 0.717) is 64.6 Å². The highest BCUT2D eigenvalue weighted by Crippen LogP contribution is 2.41. The molecule has 0 saturated carbocycles. The zero-order valence-corrected chi connectivity index (χ0v) is 45.4. The van der Waals surface area contributed by atoms with Gasteiger partial charge in [0, 0.05) is 138 Å². The summed E-state index contributed by atoms with van der Waals surface area (Å²) in [4.78, 5) is 30.7. The van der Waals surface area contributed by atoms with E-state index >= 15 is 4.39 Å². The Morgan fingerprint density at radius 3 is 1.54 bits per heavy atom. The molecule has 2 fully saturated rings. The second kappa shape index (κ2) is 25.0. The number of pyridine rings is 6. The molecule has 0 aliphatic carbocycles. The smallest absolute Gasteiger partial charge is 0.212 e. The van der Waals surface area contributed by atoms with Gasteiger partial charge in [0.15, 0.2) is 0 Å². The number of fused-ring (bicyclic) bond motifs is 2. The molecule has 8 heterocycles. The van der Waals surface area contributed by atoms with Gasteiger partial charge in [-0.15, -0.1) is 0 Å². The first-order chi connectivity index (χ1) is 39.4. The molecule has 0 atom stereocenters. The average Bonchev–Trinajstić information content (AvgIpc) is 3.50. The molecule has 3 N–H and O–H groups in total. The molecule has 0 spiro atoms. The molecule has 6 aromatic heterocycles. The van der Waals surface area contributed by atoms with Crippen molar-refractivity contribution >= 4 is 61.8 Å². The van der Waals surface area contributed by atoms with E-state index in [-0.39, 0.29) is 26.8 Å². The van der Waals surface area contributed by atoms with Crippen molar-refractivity contribution in [1.29, 1.82) is 0 Å². The Balaban J connectivity index is 0.000000151. The minimum Gasteiger partial charge on any atom is -0.481 e. The molecule has 2 saturated heterocycles. The van der Waals surface area contributed by atoms with Crippen LogP contribution < -0.4 is 30.3 Å². The summed E-state index contributed by atoms with van der Waals surface area (Å²) in [5, 5.41) is 4.08. The van der Waals surface area contributed by atoms with Crippen LogP contribution in [0.4, 0.5) is 46.0 Å². The van der Waals surface area contributed by atoms with Gasteiger partial charge < -0.3 is 39.8 Å². The van der Waals surface area contributed by atoms with Crippen LogP contribution in [0, 0.1) is 37.1 Å². The third-order valence-corrected chi connectivity index (χ3v) is 14.3. The van der Waals surface area contributed by atoms with E-state index in [2.05, 4.69) is 57.2 Å². The van der Waals surface area contributed by atoms with Gasteiger partial charge in [0.25, 0.3) is 0 Å². The van der Waals surface area contributed by atoms with Crippen LogP contribution in [0.3, 0.4) is 0 Å². The van der Waals surface area contributed by atoms with Crippen LogP contribution in [0.1, 0.15) is 11.1 Å². The molecule has 2 aliphatic rings. The summed E-state index contributed by atoms with van der Waals surface area (Å²) in [5.74, 6) is -1.69. The van der Waals surface area contributed by atoms with Crippen molar-refractivity contribution in [2.45, 2.75) is 13.8 Å². The lowest BCUT2D eigenvalue weighted by atomic mass is 10.0. The van der Waals surface area contributed by atoms with Crippen LogP contribution in [0.2, 0.25) is 5.02 Å². The monoisotopic (exact) mass is 1110 g/mol. The lowest BCUT2D eigenvalue weighted by Gasteiger charge is -2.30. The summed E-state index contributed by atoms with van der Waals surface area (Å²) < 4.78 is 78.2. The van der Waals surface area contributed by atoms with Gasteiger partial charge in [-0.2, -0.15) is 0 Å². The Morgan fingerprint density at radius 1 is 0.556 bits per heavy atom. The first-order valence-electron chi connectivity index (χ1n) is 25.9. The SMILES string of the molecule is COc1ccc(-c2ccc(N3CCOCC3)cc2N)cn1.COc1ccc(-c2ccc(N3CCOCC3)cc2Nc2c(C)c(-c3ccccn3)nc3cc(F)cc(F)c23)cn1.Cc1c(-c2ccccn2)nc2cc(F)cc(F)c2c1Cl. The fraction of sp³-hybridized carbons (Fsp3) is 0.194. The van der Waals surface area contributed by atoms with Crippen LogP contribution in [0.25, 0.3) is 66.8 Å². The Morgan fingerprint density at radius 2 is 1.05 bits per heavy atom. The average molecular weight is 1120 g/mol. The topological polar surface area (TPSA) is 159 Å². The number of ether oxygens (including phenoxy) is 4. The van der Waals surface area contributed by atoms with Crippen LogP contribution in [-0.4, -0.2) is 96.7 Å². The van der Waals surface area contributed by atoms with Gasteiger partial charge in [0.2, 0.25) is 11.8 Å². The number of nitrogen functional groups attached to an aromatic ring is 1. The minimum atomic E-state index is -0.715. The molecule has 0 amide bonds. The van der Waals surface area contributed by atoms with E-state index in [1.54, 1.807) is 64.1 Å². The number of halogens is 5. The lowest BCUT2D eigenvalue weighted by Crippen LogP contribution is -2.36. The third-order valence-electron chi connectivity index (χ3n) is 13.8. The highest BCUT2D eigenvalue weighted by molar-refractivity contribution is 6.36. The summed E-state index contributed by atoms with van der Waals surface area (Å²) in [6.07, 6.45) is 6.81. The molecule has 19 heteroatoms. The normalized spacial score (nSPS) is 13.2. The van der Waals surface area contributed by atoms with Gasteiger partial charge in [0.05, 0.1) is 95.9 Å². The second-order valence-corrected chi connectivity index (χ2v) is 19.2. The van der Waals surface area contributed by atoms with Gasteiger partial charge in [0.1, 0.15) is 23.3 Å².